The van der Waals surface area contributed by atoms with Crippen LogP contribution in [0.15, 0.2) is 36.9 Å². The molecule has 1 aromatic carbocycles. The van der Waals surface area contributed by atoms with Crippen LogP contribution >= 0.6 is 11.8 Å². The van der Waals surface area contributed by atoms with Gasteiger partial charge in [-0.1, -0.05) is 12.1 Å². The van der Waals surface area contributed by atoms with Crippen LogP contribution in [0.1, 0.15) is 20.7 Å². The van der Waals surface area contributed by atoms with Gasteiger partial charge in [0.25, 0.3) is 5.91 Å². The smallest absolute Gasteiger partial charge is 0.335 e. The molecule has 5 heteroatoms. The summed E-state index contributed by atoms with van der Waals surface area (Å²) in [6, 6.07) is 5.98. The van der Waals surface area contributed by atoms with Crippen molar-refractivity contribution in [3.8, 4) is 0 Å². The van der Waals surface area contributed by atoms with Gasteiger partial charge in [0.05, 0.1) is 5.56 Å². The molecule has 0 bridgehead atoms. The highest BCUT2D eigenvalue weighted by atomic mass is 32.2. The number of rotatable bonds is 7. The molecule has 1 aromatic rings. The summed E-state index contributed by atoms with van der Waals surface area (Å²) in [5.41, 5.74) is 0.479. The average molecular weight is 265 g/mol. The number of amides is 1. The molecule has 1 rings (SSSR count). The van der Waals surface area contributed by atoms with E-state index in [9.17, 15) is 9.59 Å². The summed E-state index contributed by atoms with van der Waals surface area (Å²) < 4.78 is 0. The summed E-state index contributed by atoms with van der Waals surface area (Å²) in [4.78, 5) is 22.5. The van der Waals surface area contributed by atoms with Crippen LogP contribution in [0, 0.1) is 0 Å². The molecule has 0 atom stereocenters. The maximum Gasteiger partial charge on any atom is 0.335 e. The van der Waals surface area contributed by atoms with Gasteiger partial charge in [-0.3, -0.25) is 4.79 Å². The van der Waals surface area contributed by atoms with Gasteiger partial charge in [0, 0.05) is 23.6 Å². The maximum absolute atomic E-state index is 11.7. The van der Waals surface area contributed by atoms with E-state index in [1.807, 2.05) is 6.08 Å². The number of carboxylic acids is 1. The molecule has 0 aliphatic heterocycles. The standard InChI is InChI=1S/C13H15NO3S/c1-2-7-18-8-6-14-12(15)10-4-3-5-11(9-10)13(16)17/h2-5,9H,1,6-8H2,(H,14,15)(H,16,17). The molecule has 96 valence electrons. The van der Waals surface area contributed by atoms with E-state index in [-0.39, 0.29) is 11.5 Å². The van der Waals surface area contributed by atoms with Crippen LogP contribution in [0.25, 0.3) is 0 Å². The zero-order valence-corrected chi connectivity index (χ0v) is 10.7. The van der Waals surface area contributed by atoms with Gasteiger partial charge in [0.2, 0.25) is 0 Å². The van der Waals surface area contributed by atoms with Gasteiger partial charge in [0.1, 0.15) is 0 Å². The minimum atomic E-state index is -1.04. The molecule has 1 amide bonds. The first-order valence-corrected chi connectivity index (χ1v) is 6.61. The van der Waals surface area contributed by atoms with Crippen molar-refractivity contribution in [1.29, 1.82) is 0 Å². The summed E-state index contributed by atoms with van der Waals surface area (Å²) in [5.74, 6) is 0.365. The fourth-order valence-corrected chi connectivity index (χ4v) is 1.88. The van der Waals surface area contributed by atoms with Crippen molar-refractivity contribution in [2.45, 2.75) is 0 Å². The van der Waals surface area contributed by atoms with Crippen molar-refractivity contribution in [3.05, 3.63) is 48.0 Å². The van der Waals surface area contributed by atoms with Crippen molar-refractivity contribution in [2.75, 3.05) is 18.1 Å². The van der Waals surface area contributed by atoms with E-state index in [2.05, 4.69) is 11.9 Å². The third kappa shape index (κ3) is 4.63. The molecule has 0 fully saturated rings. The van der Waals surface area contributed by atoms with Gasteiger partial charge in [-0.15, -0.1) is 6.58 Å². The zero-order chi connectivity index (χ0) is 13.4. The number of hydrogen-bond donors (Lipinski definition) is 2. The fraction of sp³-hybridized carbons (Fsp3) is 0.231. The van der Waals surface area contributed by atoms with Gasteiger partial charge in [-0.25, -0.2) is 4.79 Å². The third-order valence-electron chi connectivity index (χ3n) is 2.14. The van der Waals surface area contributed by atoms with Crippen LogP contribution in [0.2, 0.25) is 0 Å². The van der Waals surface area contributed by atoms with Crippen molar-refractivity contribution < 1.29 is 14.7 Å². The Labute approximate surface area is 110 Å². The van der Waals surface area contributed by atoms with Crippen molar-refractivity contribution in [1.82, 2.24) is 5.32 Å². The molecule has 18 heavy (non-hydrogen) atoms. The molecule has 0 saturated heterocycles. The molecule has 0 radical (unpaired) electrons. The number of hydrogen-bond acceptors (Lipinski definition) is 3. The van der Waals surface area contributed by atoms with E-state index in [0.29, 0.717) is 12.1 Å². The minimum Gasteiger partial charge on any atom is -0.478 e. The number of carbonyl (C=O) groups is 2. The highest BCUT2D eigenvalue weighted by Gasteiger charge is 2.08. The average Bonchev–Trinajstić information content (AvgIpc) is 2.38. The van der Waals surface area contributed by atoms with E-state index < -0.39 is 5.97 Å². The molecule has 2 N–H and O–H groups in total. The fourth-order valence-electron chi connectivity index (χ4n) is 1.30. The van der Waals surface area contributed by atoms with Crippen LogP contribution in [-0.4, -0.2) is 35.0 Å². The normalized spacial score (nSPS) is 9.78. The largest absolute Gasteiger partial charge is 0.478 e. The lowest BCUT2D eigenvalue weighted by Gasteiger charge is -2.05. The summed E-state index contributed by atoms with van der Waals surface area (Å²) in [7, 11) is 0. The van der Waals surface area contributed by atoms with Crippen LogP contribution in [0.5, 0.6) is 0 Å². The van der Waals surface area contributed by atoms with Crippen molar-refractivity contribution >= 4 is 23.6 Å². The number of carbonyl (C=O) groups excluding carboxylic acids is 1. The number of aromatic carboxylic acids is 1. The second-order valence-electron chi connectivity index (χ2n) is 3.51. The van der Waals surface area contributed by atoms with E-state index in [4.69, 9.17) is 5.11 Å². The number of benzene rings is 1. The van der Waals surface area contributed by atoms with Crippen LogP contribution < -0.4 is 5.32 Å². The molecule has 0 saturated carbocycles. The maximum atomic E-state index is 11.7. The second-order valence-corrected chi connectivity index (χ2v) is 4.66. The molecular formula is C13H15NO3S. The van der Waals surface area contributed by atoms with E-state index in [1.54, 1.807) is 23.9 Å². The summed E-state index contributed by atoms with van der Waals surface area (Å²) in [6.45, 7) is 4.15. The van der Waals surface area contributed by atoms with Crippen molar-refractivity contribution in [2.24, 2.45) is 0 Å². The van der Waals surface area contributed by atoms with Crippen LogP contribution in [0.3, 0.4) is 0 Å². The van der Waals surface area contributed by atoms with Crippen LogP contribution in [0.4, 0.5) is 0 Å². The summed E-state index contributed by atoms with van der Waals surface area (Å²) in [6.07, 6.45) is 1.81. The number of nitrogens with one attached hydrogen (secondary N) is 1. The van der Waals surface area contributed by atoms with Crippen LogP contribution in [-0.2, 0) is 0 Å². The lowest BCUT2D eigenvalue weighted by Crippen LogP contribution is -2.26. The van der Waals surface area contributed by atoms with E-state index in [0.717, 1.165) is 11.5 Å². The Morgan fingerprint density at radius 3 is 2.78 bits per heavy atom. The predicted molar refractivity (Wildman–Crippen MR) is 73.3 cm³/mol. The quantitative estimate of drug-likeness (QED) is 0.585. The summed E-state index contributed by atoms with van der Waals surface area (Å²) in [5, 5.41) is 11.6. The lowest BCUT2D eigenvalue weighted by atomic mass is 10.1. The molecule has 4 nitrogen and oxygen atoms in total. The number of carboxylic acid groups (broad SMARTS) is 1. The Balaban J connectivity index is 2.48. The van der Waals surface area contributed by atoms with Gasteiger partial charge in [-0.2, -0.15) is 11.8 Å². The number of thioether (sulfide) groups is 1. The Hall–Kier alpha value is -1.75. The van der Waals surface area contributed by atoms with Crippen molar-refractivity contribution in [3.63, 3.8) is 0 Å². The highest BCUT2D eigenvalue weighted by Crippen LogP contribution is 2.05. The first kappa shape index (κ1) is 14.3. The Bertz CT molecular complexity index is 446. The molecular weight excluding hydrogens is 250 g/mol. The van der Waals surface area contributed by atoms with Gasteiger partial charge >= 0.3 is 5.97 Å². The van der Waals surface area contributed by atoms with Gasteiger partial charge in [-0.05, 0) is 18.2 Å². The SMILES string of the molecule is C=CCSCCNC(=O)c1cccc(C(=O)O)c1. The molecule has 0 unspecified atom stereocenters. The first-order chi connectivity index (χ1) is 8.65. The monoisotopic (exact) mass is 265 g/mol. The Morgan fingerprint density at radius 2 is 2.11 bits per heavy atom. The second kappa shape index (κ2) is 7.55. The molecule has 0 aliphatic carbocycles. The Morgan fingerprint density at radius 1 is 1.39 bits per heavy atom. The molecule has 0 spiro atoms. The minimum absolute atomic E-state index is 0.115. The third-order valence-corrected chi connectivity index (χ3v) is 3.10. The predicted octanol–water partition coefficient (Wildman–Crippen LogP) is 2.03. The molecule has 0 aliphatic rings. The molecule has 0 heterocycles. The first-order valence-electron chi connectivity index (χ1n) is 5.45. The van der Waals surface area contributed by atoms with Gasteiger partial charge < -0.3 is 10.4 Å². The Kier molecular flexibility index (Phi) is 6.00. The topological polar surface area (TPSA) is 66.4 Å². The van der Waals surface area contributed by atoms with E-state index >= 15 is 0 Å². The van der Waals surface area contributed by atoms with Gasteiger partial charge in [0.15, 0.2) is 0 Å². The lowest BCUT2D eigenvalue weighted by molar-refractivity contribution is 0.0697. The van der Waals surface area contributed by atoms with E-state index in [1.165, 1.54) is 12.1 Å². The highest BCUT2D eigenvalue weighted by molar-refractivity contribution is 7.99. The zero-order valence-electron chi connectivity index (χ0n) is 9.89. The summed E-state index contributed by atoms with van der Waals surface area (Å²) >= 11 is 1.67. The molecule has 0 aromatic heterocycles.